The largest absolute Gasteiger partial charge is 0.354 e. The Kier molecular flexibility index (Phi) is 5.21. The summed E-state index contributed by atoms with van der Waals surface area (Å²) in [4.78, 5) is 26.8. The first-order chi connectivity index (χ1) is 10.0. The molecule has 0 bridgehead atoms. The van der Waals surface area contributed by atoms with Gasteiger partial charge in [-0.2, -0.15) is 0 Å². The summed E-state index contributed by atoms with van der Waals surface area (Å²) in [6.07, 6.45) is 7.68. The molecule has 0 radical (unpaired) electrons. The first kappa shape index (κ1) is 15.8. The fourth-order valence-corrected chi connectivity index (χ4v) is 3.49. The van der Waals surface area contributed by atoms with Gasteiger partial charge in [0.15, 0.2) is 5.78 Å². The first-order valence-corrected chi connectivity index (χ1v) is 7.99. The van der Waals surface area contributed by atoms with Crippen LogP contribution in [0, 0.1) is 19.8 Å². The molecule has 1 heterocycles. The number of ketones is 1. The minimum Gasteiger partial charge on any atom is -0.354 e. The molecule has 1 aliphatic rings. The van der Waals surface area contributed by atoms with Gasteiger partial charge in [0.2, 0.25) is 0 Å². The van der Waals surface area contributed by atoms with E-state index in [0.29, 0.717) is 17.8 Å². The highest BCUT2D eigenvalue weighted by Crippen LogP contribution is 2.28. The van der Waals surface area contributed by atoms with Crippen LogP contribution in [-0.4, -0.2) is 23.2 Å². The van der Waals surface area contributed by atoms with Gasteiger partial charge in [0.1, 0.15) is 5.69 Å². The first-order valence-electron chi connectivity index (χ1n) is 7.99. The van der Waals surface area contributed by atoms with E-state index in [1.165, 1.54) is 39.0 Å². The number of hydrogen-bond acceptors (Lipinski definition) is 2. The summed E-state index contributed by atoms with van der Waals surface area (Å²) in [5, 5.41) is 2.96. The van der Waals surface area contributed by atoms with Crippen molar-refractivity contribution in [1.29, 1.82) is 0 Å². The van der Waals surface area contributed by atoms with Crippen molar-refractivity contribution >= 4 is 11.7 Å². The number of H-pyrrole nitrogens is 1. The zero-order chi connectivity index (χ0) is 15.4. The Bertz CT molecular complexity index is 525. The lowest BCUT2D eigenvalue weighted by atomic mass is 10.0. The Hall–Kier alpha value is -1.58. The topological polar surface area (TPSA) is 62.0 Å². The number of amides is 1. The van der Waals surface area contributed by atoms with Crippen LogP contribution in [0.4, 0.5) is 0 Å². The third-order valence-corrected chi connectivity index (χ3v) is 4.57. The van der Waals surface area contributed by atoms with E-state index in [0.717, 1.165) is 23.6 Å². The Labute approximate surface area is 126 Å². The van der Waals surface area contributed by atoms with Crippen molar-refractivity contribution in [3.63, 3.8) is 0 Å². The second-order valence-corrected chi connectivity index (χ2v) is 6.23. The Morgan fingerprint density at radius 2 is 1.90 bits per heavy atom. The van der Waals surface area contributed by atoms with Gasteiger partial charge in [0, 0.05) is 17.8 Å². The zero-order valence-electron chi connectivity index (χ0n) is 13.3. The van der Waals surface area contributed by atoms with Crippen LogP contribution in [0.25, 0.3) is 0 Å². The van der Waals surface area contributed by atoms with Crippen LogP contribution in [0.15, 0.2) is 0 Å². The highest BCUT2D eigenvalue weighted by molar-refractivity contribution is 6.02. The van der Waals surface area contributed by atoms with E-state index in [2.05, 4.69) is 10.3 Å². The lowest BCUT2D eigenvalue weighted by Crippen LogP contribution is -2.25. The maximum Gasteiger partial charge on any atom is 0.268 e. The maximum atomic E-state index is 12.2. The Balaban J connectivity index is 1.85. The molecule has 0 aromatic carbocycles. The number of nitrogens with one attached hydrogen (secondary N) is 2. The van der Waals surface area contributed by atoms with Crippen LogP contribution in [0.5, 0.6) is 0 Å². The van der Waals surface area contributed by atoms with Crippen molar-refractivity contribution < 1.29 is 9.59 Å². The summed E-state index contributed by atoms with van der Waals surface area (Å²) in [5.74, 6) is 0.761. The number of aromatic nitrogens is 1. The van der Waals surface area contributed by atoms with Gasteiger partial charge in [-0.05, 0) is 45.1 Å². The van der Waals surface area contributed by atoms with E-state index in [9.17, 15) is 9.59 Å². The molecule has 2 rings (SSSR count). The predicted octanol–water partition coefficient (Wildman–Crippen LogP) is 3.53. The summed E-state index contributed by atoms with van der Waals surface area (Å²) in [6.45, 7) is 5.91. The van der Waals surface area contributed by atoms with Crippen molar-refractivity contribution in [3.8, 4) is 0 Å². The molecule has 1 aromatic rings. The lowest BCUT2D eigenvalue weighted by molar-refractivity contribution is 0.0947. The van der Waals surface area contributed by atoms with Crippen molar-refractivity contribution in [2.75, 3.05) is 6.54 Å². The number of carbonyl (C=O) groups excluding carboxylic acids is 2. The second-order valence-electron chi connectivity index (χ2n) is 6.23. The number of rotatable bonds is 6. The normalized spacial score (nSPS) is 15.4. The molecule has 0 atom stereocenters. The molecule has 0 unspecified atom stereocenters. The summed E-state index contributed by atoms with van der Waals surface area (Å²) in [6, 6.07) is 0. The van der Waals surface area contributed by atoms with Gasteiger partial charge >= 0.3 is 0 Å². The molecule has 1 saturated carbocycles. The summed E-state index contributed by atoms with van der Waals surface area (Å²) >= 11 is 0. The quantitative estimate of drug-likeness (QED) is 0.622. The van der Waals surface area contributed by atoms with E-state index in [1.54, 1.807) is 0 Å². The van der Waals surface area contributed by atoms with Crippen molar-refractivity contribution in [2.24, 2.45) is 5.92 Å². The molecule has 1 fully saturated rings. The number of aromatic amines is 1. The van der Waals surface area contributed by atoms with E-state index in [-0.39, 0.29) is 11.7 Å². The van der Waals surface area contributed by atoms with Crippen LogP contribution in [0.3, 0.4) is 0 Å². The van der Waals surface area contributed by atoms with E-state index in [4.69, 9.17) is 0 Å². The van der Waals surface area contributed by atoms with Gasteiger partial charge in [0.05, 0.1) is 0 Å². The van der Waals surface area contributed by atoms with Crippen molar-refractivity contribution in [1.82, 2.24) is 10.3 Å². The van der Waals surface area contributed by atoms with Crippen LogP contribution < -0.4 is 5.32 Å². The van der Waals surface area contributed by atoms with Crippen LogP contribution >= 0.6 is 0 Å². The Morgan fingerprint density at radius 3 is 2.48 bits per heavy atom. The molecular formula is C17H26N2O2. The minimum atomic E-state index is -0.102. The molecular weight excluding hydrogens is 264 g/mol. The van der Waals surface area contributed by atoms with Gasteiger partial charge < -0.3 is 10.3 Å². The number of hydrogen-bond donors (Lipinski definition) is 2. The summed E-state index contributed by atoms with van der Waals surface area (Å²) in [7, 11) is 0. The summed E-state index contributed by atoms with van der Waals surface area (Å²) < 4.78 is 0. The molecule has 4 heteroatoms. The summed E-state index contributed by atoms with van der Waals surface area (Å²) in [5.41, 5.74) is 2.70. The Morgan fingerprint density at radius 1 is 1.24 bits per heavy atom. The van der Waals surface area contributed by atoms with Crippen molar-refractivity contribution in [2.45, 2.75) is 59.3 Å². The average molecular weight is 290 g/mol. The lowest BCUT2D eigenvalue weighted by Gasteiger charge is -2.09. The van der Waals surface area contributed by atoms with Crippen LogP contribution in [-0.2, 0) is 0 Å². The molecule has 1 aromatic heterocycles. The van der Waals surface area contributed by atoms with Gasteiger partial charge in [-0.25, -0.2) is 0 Å². The third kappa shape index (κ3) is 3.74. The molecule has 0 aliphatic heterocycles. The van der Waals surface area contributed by atoms with Crippen molar-refractivity contribution in [3.05, 3.63) is 22.5 Å². The molecule has 1 aliphatic carbocycles. The van der Waals surface area contributed by atoms with Gasteiger partial charge in [-0.1, -0.05) is 25.7 Å². The van der Waals surface area contributed by atoms with E-state index < -0.39 is 0 Å². The maximum absolute atomic E-state index is 12.2. The highest BCUT2D eigenvalue weighted by atomic mass is 16.2. The highest BCUT2D eigenvalue weighted by Gasteiger charge is 2.19. The molecule has 1 amide bonds. The molecule has 21 heavy (non-hydrogen) atoms. The van der Waals surface area contributed by atoms with E-state index in [1.807, 2.05) is 13.8 Å². The minimum absolute atomic E-state index is 0.00142. The fraction of sp³-hybridized carbons (Fsp3) is 0.647. The third-order valence-electron chi connectivity index (χ3n) is 4.57. The predicted molar refractivity (Wildman–Crippen MR) is 83.8 cm³/mol. The second kappa shape index (κ2) is 6.92. The molecule has 0 saturated heterocycles. The average Bonchev–Trinajstić information content (AvgIpc) is 3.02. The van der Waals surface area contributed by atoms with Gasteiger partial charge in [-0.15, -0.1) is 0 Å². The fourth-order valence-electron chi connectivity index (χ4n) is 3.49. The number of carbonyl (C=O) groups is 2. The van der Waals surface area contributed by atoms with Crippen LogP contribution in [0.2, 0.25) is 0 Å². The molecule has 2 N–H and O–H groups in total. The van der Waals surface area contributed by atoms with Gasteiger partial charge in [-0.3, -0.25) is 9.59 Å². The molecule has 4 nitrogen and oxygen atoms in total. The zero-order valence-corrected chi connectivity index (χ0v) is 13.3. The van der Waals surface area contributed by atoms with E-state index >= 15 is 0 Å². The standard InChI is InChI=1S/C17H26N2O2/c1-11-15(13(3)20)12(2)19-16(11)17(21)18-10-6-9-14-7-4-5-8-14/h14,19H,4-10H2,1-3H3,(H,18,21). The van der Waals surface area contributed by atoms with Gasteiger partial charge in [0.25, 0.3) is 5.91 Å². The van der Waals surface area contributed by atoms with Crippen LogP contribution in [0.1, 0.15) is 77.6 Å². The monoisotopic (exact) mass is 290 g/mol. The number of Topliss-reactive ketones (excluding diaryl/α,β-unsaturated/α-hetero) is 1. The molecule has 0 spiro atoms. The molecule has 116 valence electrons. The number of aryl methyl sites for hydroxylation is 1. The SMILES string of the molecule is CC(=O)c1c(C)[nH]c(C(=O)NCCCC2CCCC2)c1C. The smallest absolute Gasteiger partial charge is 0.268 e.